The molecule has 0 bridgehead atoms. The van der Waals surface area contributed by atoms with Crippen molar-refractivity contribution >= 4 is 11.9 Å². The van der Waals surface area contributed by atoms with E-state index in [0.29, 0.717) is 12.8 Å². The third-order valence-corrected chi connectivity index (χ3v) is 13.2. The molecule has 0 amide bonds. The van der Waals surface area contributed by atoms with Crippen molar-refractivity contribution in [1.82, 2.24) is 0 Å². The molecule has 1 atom stereocenters. The number of rotatable bonds is 54. The van der Waals surface area contributed by atoms with Gasteiger partial charge in [-0.15, -0.1) is 0 Å². The van der Waals surface area contributed by atoms with Crippen molar-refractivity contribution in [2.45, 2.75) is 322 Å². The Morgan fingerprint density at radius 3 is 0.969 bits per heavy atom. The van der Waals surface area contributed by atoms with Crippen LogP contribution in [0.2, 0.25) is 0 Å². The fraction of sp³-hybridized carbons (Fsp3) is 0.867. The van der Waals surface area contributed by atoms with Crippen LogP contribution in [0.5, 0.6) is 0 Å². The summed E-state index contributed by atoms with van der Waals surface area (Å²) in [4.78, 5) is 24.4. The maximum Gasteiger partial charge on any atom is 0.306 e. The normalized spacial score (nSPS) is 12.4. The quantitative estimate of drug-likeness (QED) is 0.0374. The number of hydrogen-bond donors (Lipinski definition) is 1. The molecule has 0 aliphatic rings. The zero-order valence-corrected chi connectivity index (χ0v) is 43.8. The fourth-order valence-corrected chi connectivity index (χ4v) is 8.75. The minimum absolute atomic E-state index is 0.0676. The molecule has 0 aromatic rings. The Hall–Kier alpha value is -1.88. The first-order chi connectivity index (χ1) is 32.1. The van der Waals surface area contributed by atoms with Gasteiger partial charge in [0, 0.05) is 12.8 Å². The third kappa shape index (κ3) is 54.6. The Balaban J connectivity index is 3.36. The molecule has 0 saturated heterocycles. The van der Waals surface area contributed by atoms with Crippen LogP contribution in [0.3, 0.4) is 0 Å². The second kappa shape index (κ2) is 56.4. The summed E-state index contributed by atoms with van der Waals surface area (Å²) in [6.07, 6.45) is 72.9. The van der Waals surface area contributed by atoms with Crippen molar-refractivity contribution in [2.75, 3.05) is 13.2 Å². The lowest BCUT2D eigenvalue weighted by atomic mass is 10.0. The molecule has 0 aliphatic carbocycles. The topological polar surface area (TPSA) is 72.8 Å². The summed E-state index contributed by atoms with van der Waals surface area (Å²) in [5.74, 6) is -0.594. The molecule has 0 saturated carbocycles. The second-order valence-electron chi connectivity index (χ2n) is 19.7. The van der Waals surface area contributed by atoms with E-state index in [9.17, 15) is 14.7 Å². The van der Waals surface area contributed by atoms with Gasteiger partial charge in [0.25, 0.3) is 0 Å². The molecule has 0 aromatic heterocycles. The molecule has 1 N–H and O–H groups in total. The molecule has 0 rings (SSSR count). The van der Waals surface area contributed by atoms with E-state index in [0.717, 1.165) is 51.4 Å². The number of unbranched alkanes of at least 4 members (excludes halogenated alkanes) is 40. The predicted molar refractivity (Wildman–Crippen MR) is 284 cm³/mol. The summed E-state index contributed by atoms with van der Waals surface area (Å²) in [6, 6.07) is 0. The maximum absolute atomic E-state index is 12.2. The van der Waals surface area contributed by atoms with Crippen molar-refractivity contribution in [3.8, 4) is 0 Å². The number of hydrogen-bond acceptors (Lipinski definition) is 5. The first-order valence-electron chi connectivity index (χ1n) is 29.0. The maximum atomic E-state index is 12.2. The molecule has 1 unspecified atom stereocenters. The molecule has 0 radical (unpaired) electrons. The van der Waals surface area contributed by atoms with Gasteiger partial charge in [0.1, 0.15) is 6.61 Å². The van der Waals surface area contributed by atoms with Crippen LogP contribution in [0.4, 0.5) is 0 Å². The SMILES string of the molecule is CCCC/C=C\C/C=C\CCCCCCCC(=O)OC(CO)COC(=O)CCCCCCCCCCCCCCCCCCCCCCCCCCC/C=C\CCCCCCCCCC. The van der Waals surface area contributed by atoms with Crippen molar-refractivity contribution in [1.29, 1.82) is 0 Å². The highest BCUT2D eigenvalue weighted by Gasteiger charge is 2.16. The van der Waals surface area contributed by atoms with E-state index in [4.69, 9.17) is 9.47 Å². The summed E-state index contributed by atoms with van der Waals surface area (Å²) in [5, 5.41) is 9.61. The van der Waals surface area contributed by atoms with E-state index in [1.54, 1.807) is 0 Å². The lowest BCUT2D eigenvalue weighted by molar-refractivity contribution is -0.161. The molecule has 0 heterocycles. The minimum Gasteiger partial charge on any atom is -0.462 e. The van der Waals surface area contributed by atoms with Crippen LogP contribution in [-0.4, -0.2) is 36.4 Å². The number of ether oxygens (including phenoxy) is 2. The zero-order chi connectivity index (χ0) is 47.0. The Morgan fingerprint density at radius 1 is 0.354 bits per heavy atom. The summed E-state index contributed by atoms with van der Waals surface area (Å²) >= 11 is 0. The first kappa shape index (κ1) is 63.1. The Labute approximate surface area is 406 Å². The van der Waals surface area contributed by atoms with Crippen molar-refractivity contribution in [2.24, 2.45) is 0 Å². The number of aliphatic hydroxyl groups excluding tert-OH is 1. The van der Waals surface area contributed by atoms with Gasteiger partial charge in [0.2, 0.25) is 0 Å². The van der Waals surface area contributed by atoms with Crippen LogP contribution in [-0.2, 0) is 19.1 Å². The summed E-state index contributed by atoms with van der Waals surface area (Å²) in [5.41, 5.74) is 0. The molecule has 65 heavy (non-hydrogen) atoms. The molecule has 5 nitrogen and oxygen atoms in total. The lowest BCUT2D eigenvalue weighted by Crippen LogP contribution is -2.28. The lowest BCUT2D eigenvalue weighted by Gasteiger charge is -2.15. The fourth-order valence-electron chi connectivity index (χ4n) is 8.75. The van der Waals surface area contributed by atoms with E-state index in [-0.39, 0.29) is 25.2 Å². The van der Waals surface area contributed by atoms with Crippen LogP contribution in [0.25, 0.3) is 0 Å². The standard InChI is InChI=1S/C60H112O5/c1-3-5-7-9-11-13-15-17-19-20-21-22-23-24-25-26-27-28-29-30-31-32-33-34-35-36-37-38-39-40-41-43-44-46-48-50-52-54-59(62)64-57-58(56-61)65-60(63)55-53-51-49-47-45-42-18-16-14-12-10-8-6-4-2/h10,12,16,18,20-21,58,61H,3-9,11,13-15,17,19,22-57H2,1-2H3/b12-10-,18-16-,21-20-. The minimum atomic E-state index is -0.776. The van der Waals surface area contributed by atoms with Gasteiger partial charge < -0.3 is 14.6 Å². The van der Waals surface area contributed by atoms with Gasteiger partial charge in [0.05, 0.1) is 6.61 Å². The monoisotopic (exact) mass is 913 g/mol. The van der Waals surface area contributed by atoms with Gasteiger partial charge >= 0.3 is 11.9 Å². The second-order valence-corrected chi connectivity index (χ2v) is 19.7. The van der Waals surface area contributed by atoms with Crippen LogP contribution >= 0.6 is 0 Å². The first-order valence-corrected chi connectivity index (χ1v) is 29.0. The number of allylic oxidation sites excluding steroid dienone is 6. The number of carbonyl (C=O) groups excluding carboxylic acids is 2. The highest BCUT2D eigenvalue weighted by molar-refractivity contribution is 5.70. The molecule has 382 valence electrons. The Kier molecular flexibility index (Phi) is 54.8. The van der Waals surface area contributed by atoms with E-state index in [1.807, 2.05) is 0 Å². The highest BCUT2D eigenvalue weighted by Crippen LogP contribution is 2.17. The summed E-state index contributed by atoms with van der Waals surface area (Å²) in [7, 11) is 0. The molecular formula is C60H112O5. The van der Waals surface area contributed by atoms with Crippen LogP contribution in [0, 0.1) is 0 Å². The highest BCUT2D eigenvalue weighted by atomic mass is 16.6. The zero-order valence-electron chi connectivity index (χ0n) is 43.8. The Bertz CT molecular complexity index is 1030. The van der Waals surface area contributed by atoms with Gasteiger partial charge in [0.15, 0.2) is 6.10 Å². The van der Waals surface area contributed by atoms with E-state index < -0.39 is 6.10 Å². The van der Waals surface area contributed by atoms with Crippen molar-refractivity contribution in [3.63, 3.8) is 0 Å². The predicted octanol–water partition coefficient (Wildman–Crippen LogP) is 19.5. The average Bonchev–Trinajstić information content (AvgIpc) is 3.31. The Morgan fingerprint density at radius 2 is 0.631 bits per heavy atom. The van der Waals surface area contributed by atoms with Crippen molar-refractivity contribution < 1.29 is 24.2 Å². The summed E-state index contributed by atoms with van der Waals surface area (Å²) in [6.45, 7) is 4.12. The number of esters is 2. The summed E-state index contributed by atoms with van der Waals surface area (Å²) < 4.78 is 10.7. The van der Waals surface area contributed by atoms with Gasteiger partial charge in [-0.2, -0.15) is 0 Å². The smallest absolute Gasteiger partial charge is 0.306 e. The third-order valence-electron chi connectivity index (χ3n) is 13.2. The molecule has 0 aliphatic heterocycles. The van der Waals surface area contributed by atoms with Gasteiger partial charge in [-0.25, -0.2) is 0 Å². The number of carbonyl (C=O) groups is 2. The van der Waals surface area contributed by atoms with E-state index >= 15 is 0 Å². The molecule has 5 heteroatoms. The van der Waals surface area contributed by atoms with Gasteiger partial charge in [-0.1, -0.05) is 275 Å². The van der Waals surface area contributed by atoms with Crippen LogP contribution in [0.15, 0.2) is 36.5 Å². The van der Waals surface area contributed by atoms with E-state index in [1.165, 1.54) is 238 Å². The average molecular weight is 914 g/mol. The van der Waals surface area contributed by atoms with Gasteiger partial charge in [-0.3, -0.25) is 9.59 Å². The van der Waals surface area contributed by atoms with Crippen LogP contribution < -0.4 is 0 Å². The molecule has 0 spiro atoms. The number of aliphatic hydroxyl groups is 1. The van der Waals surface area contributed by atoms with Gasteiger partial charge in [-0.05, 0) is 64.2 Å². The van der Waals surface area contributed by atoms with Crippen molar-refractivity contribution in [3.05, 3.63) is 36.5 Å². The molecular weight excluding hydrogens is 801 g/mol. The largest absolute Gasteiger partial charge is 0.462 e. The molecule has 0 aromatic carbocycles. The van der Waals surface area contributed by atoms with E-state index in [2.05, 4.69) is 50.3 Å². The van der Waals surface area contributed by atoms with Crippen LogP contribution in [0.1, 0.15) is 316 Å². The molecule has 0 fully saturated rings.